The van der Waals surface area contributed by atoms with E-state index in [-0.39, 0.29) is 31.5 Å². The molecule has 9 nitrogen and oxygen atoms in total. The Bertz CT molecular complexity index is 1090. The molecule has 0 fully saturated rings. The topological polar surface area (TPSA) is 114 Å². The predicted octanol–water partition coefficient (Wildman–Crippen LogP) is 3.26. The zero-order chi connectivity index (χ0) is 25.0. The number of amides is 3. The van der Waals surface area contributed by atoms with Crippen molar-refractivity contribution < 1.29 is 23.6 Å². The van der Waals surface area contributed by atoms with Gasteiger partial charge in [0.05, 0.1) is 6.61 Å². The summed E-state index contributed by atoms with van der Waals surface area (Å²) in [4.78, 5) is 36.5. The fraction of sp³-hybridized carbons (Fsp3) is 0.308. The lowest BCUT2D eigenvalue weighted by atomic mass is 10.0. The normalized spacial score (nSPS) is 10.5. The minimum absolute atomic E-state index is 0.165. The molecule has 0 bridgehead atoms. The molecule has 0 aliphatic heterocycles. The number of hydrogen-bond acceptors (Lipinski definition) is 6. The Balaban J connectivity index is 1.44. The quantitative estimate of drug-likeness (QED) is 0.409. The number of hydrogen-bond donors (Lipinski definition) is 2. The average Bonchev–Trinajstić information content (AvgIpc) is 3.37. The molecule has 0 atom stereocenters. The van der Waals surface area contributed by atoms with Crippen LogP contribution in [0.15, 0.2) is 65.2 Å². The van der Waals surface area contributed by atoms with Gasteiger partial charge in [0.15, 0.2) is 0 Å². The van der Waals surface area contributed by atoms with Crippen molar-refractivity contribution in [2.24, 2.45) is 0 Å². The Labute approximate surface area is 204 Å². The number of ether oxygens (including phenoxy) is 1. The molecule has 2 N–H and O–H groups in total. The van der Waals surface area contributed by atoms with E-state index < -0.39 is 6.09 Å². The minimum atomic E-state index is -0.710. The molecule has 0 unspecified atom stereocenters. The van der Waals surface area contributed by atoms with E-state index in [0.717, 1.165) is 39.5 Å². The van der Waals surface area contributed by atoms with Gasteiger partial charge in [-0.2, -0.15) is 0 Å². The number of nitrogens with one attached hydrogen (secondary N) is 2. The maximum Gasteiger partial charge on any atom is 0.410 e. The Morgan fingerprint density at radius 2 is 1.46 bits per heavy atom. The highest BCUT2D eigenvalue weighted by molar-refractivity contribution is 5.86. The fourth-order valence-electron chi connectivity index (χ4n) is 3.37. The molecule has 2 aromatic carbocycles. The van der Waals surface area contributed by atoms with Gasteiger partial charge in [0.1, 0.15) is 24.5 Å². The second-order valence-electron chi connectivity index (χ2n) is 7.90. The second-order valence-corrected chi connectivity index (χ2v) is 7.90. The number of rotatable bonds is 11. The van der Waals surface area contributed by atoms with Crippen LogP contribution in [0.5, 0.6) is 0 Å². The van der Waals surface area contributed by atoms with E-state index in [1.54, 1.807) is 0 Å². The third-order valence-corrected chi connectivity index (χ3v) is 5.37. The van der Waals surface area contributed by atoms with Gasteiger partial charge in [0.25, 0.3) is 0 Å². The van der Waals surface area contributed by atoms with Crippen LogP contribution in [0.2, 0.25) is 0 Å². The van der Waals surface area contributed by atoms with Crippen LogP contribution < -0.4 is 10.6 Å². The van der Waals surface area contributed by atoms with Crippen LogP contribution in [0.4, 0.5) is 4.79 Å². The van der Waals surface area contributed by atoms with Gasteiger partial charge in [0, 0.05) is 32.1 Å². The van der Waals surface area contributed by atoms with Gasteiger partial charge < -0.3 is 19.9 Å². The Kier molecular flexibility index (Phi) is 9.41. The zero-order valence-corrected chi connectivity index (χ0v) is 20.0. The molecule has 0 radical (unpaired) electrons. The van der Waals surface area contributed by atoms with Gasteiger partial charge in [-0.15, -0.1) is 0 Å². The number of likely N-dealkylation sites (N-methyl/N-ethyl adjacent to an activating group) is 2. The summed E-state index contributed by atoms with van der Waals surface area (Å²) in [6, 6.07) is 20.2. The van der Waals surface area contributed by atoms with Crippen LogP contribution in [0.3, 0.4) is 0 Å². The van der Waals surface area contributed by atoms with Gasteiger partial charge >= 0.3 is 6.09 Å². The van der Waals surface area contributed by atoms with Crippen molar-refractivity contribution in [3.8, 4) is 22.4 Å². The van der Waals surface area contributed by atoms with E-state index in [9.17, 15) is 14.4 Å². The minimum Gasteiger partial charge on any atom is -0.449 e. The highest BCUT2D eigenvalue weighted by Crippen LogP contribution is 2.25. The van der Waals surface area contributed by atoms with Crippen LogP contribution in [0, 0.1) is 0 Å². The largest absolute Gasteiger partial charge is 0.449 e. The molecule has 184 valence electrons. The fourth-order valence-corrected chi connectivity index (χ4v) is 3.37. The first-order chi connectivity index (χ1) is 17.0. The van der Waals surface area contributed by atoms with Crippen molar-refractivity contribution in [1.29, 1.82) is 0 Å². The first-order valence-electron chi connectivity index (χ1n) is 11.4. The lowest BCUT2D eigenvalue weighted by molar-refractivity contribution is -0.124. The predicted molar refractivity (Wildman–Crippen MR) is 131 cm³/mol. The molecule has 1 aromatic heterocycles. The summed E-state index contributed by atoms with van der Waals surface area (Å²) in [5, 5.41) is 9.01. The van der Waals surface area contributed by atoms with Crippen molar-refractivity contribution in [2.75, 3.05) is 33.8 Å². The summed E-state index contributed by atoms with van der Waals surface area (Å²) in [6.45, 7) is -0.343. The van der Waals surface area contributed by atoms with E-state index in [4.69, 9.17) is 9.26 Å². The molecule has 35 heavy (non-hydrogen) atoms. The highest BCUT2D eigenvalue weighted by Gasteiger charge is 2.20. The Hall–Kier alpha value is -4.14. The number of unbranched alkanes of at least 4 members (excludes halogenated alkanes) is 1. The maximum atomic E-state index is 12.3. The van der Waals surface area contributed by atoms with E-state index in [1.807, 2.05) is 36.4 Å². The lowest BCUT2D eigenvalue weighted by Crippen LogP contribution is -2.45. The van der Waals surface area contributed by atoms with Crippen molar-refractivity contribution in [3.63, 3.8) is 0 Å². The monoisotopic (exact) mass is 478 g/mol. The molecular formula is C26H30N4O5. The van der Waals surface area contributed by atoms with Gasteiger partial charge in [-0.3, -0.25) is 14.5 Å². The third-order valence-electron chi connectivity index (χ3n) is 5.37. The SMILES string of the molecule is CNC(=O)CN(CC(=O)NC)C(=O)OCCCCc1cc(-c2ccc(-c3ccccc3)cc2)no1. The number of benzene rings is 2. The van der Waals surface area contributed by atoms with Crippen LogP contribution in [-0.2, 0) is 20.7 Å². The maximum absolute atomic E-state index is 12.3. The summed E-state index contributed by atoms with van der Waals surface area (Å²) < 4.78 is 10.7. The lowest BCUT2D eigenvalue weighted by Gasteiger charge is -2.20. The summed E-state index contributed by atoms with van der Waals surface area (Å²) >= 11 is 0. The van der Waals surface area contributed by atoms with Gasteiger partial charge in [-0.1, -0.05) is 59.8 Å². The molecule has 0 aliphatic carbocycles. The average molecular weight is 479 g/mol. The first kappa shape index (κ1) is 25.5. The number of nitrogens with zero attached hydrogens (tertiary/aromatic N) is 2. The summed E-state index contributed by atoms with van der Waals surface area (Å²) in [7, 11) is 2.92. The van der Waals surface area contributed by atoms with Crippen LogP contribution in [0.25, 0.3) is 22.4 Å². The van der Waals surface area contributed by atoms with Gasteiger partial charge in [-0.25, -0.2) is 4.79 Å². The van der Waals surface area contributed by atoms with Crippen LogP contribution >= 0.6 is 0 Å². The van der Waals surface area contributed by atoms with Gasteiger partial charge in [0.2, 0.25) is 11.8 Å². The Morgan fingerprint density at radius 1 is 0.857 bits per heavy atom. The molecule has 3 aromatic rings. The summed E-state index contributed by atoms with van der Waals surface area (Å²) in [6.07, 6.45) is 1.26. The van der Waals surface area contributed by atoms with E-state index in [2.05, 4.69) is 40.1 Å². The van der Waals surface area contributed by atoms with Crippen molar-refractivity contribution in [2.45, 2.75) is 19.3 Å². The van der Waals surface area contributed by atoms with Crippen LogP contribution in [0.1, 0.15) is 18.6 Å². The summed E-state index contributed by atoms with van der Waals surface area (Å²) in [5.74, 6) is -0.0253. The summed E-state index contributed by atoms with van der Waals surface area (Å²) in [5.41, 5.74) is 4.04. The number of aryl methyl sites for hydroxylation is 1. The molecule has 9 heteroatoms. The zero-order valence-electron chi connectivity index (χ0n) is 20.0. The number of carbonyl (C=O) groups is 3. The van der Waals surface area contributed by atoms with Crippen molar-refractivity contribution in [3.05, 3.63) is 66.4 Å². The van der Waals surface area contributed by atoms with E-state index >= 15 is 0 Å². The molecule has 3 amide bonds. The smallest absolute Gasteiger partial charge is 0.410 e. The molecule has 3 rings (SSSR count). The van der Waals surface area contributed by atoms with Gasteiger partial charge in [-0.05, 0) is 24.0 Å². The number of aromatic nitrogens is 1. The Morgan fingerprint density at radius 3 is 2.09 bits per heavy atom. The van der Waals surface area contributed by atoms with Crippen molar-refractivity contribution >= 4 is 17.9 Å². The van der Waals surface area contributed by atoms with E-state index in [0.29, 0.717) is 12.8 Å². The van der Waals surface area contributed by atoms with E-state index in [1.165, 1.54) is 14.1 Å². The second kappa shape index (κ2) is 12.9. The molecule has 0 aliphatic rings. The molecule has 0 saturated carbocycles. The number of carbonyl (C=O) groups excluding carboxylic acids is 3. The molecule has 0 spiro atoms. The molecule has 1 heterocycles. The van der Waals surface area contributed by atoms with Crippen molar-refractivity contribution in [1.82, 2.24) is 20.7 Å². The highest BCUT2D eigenvalue weighted by atomic mass is 16.6. The molecule has 0 saturated heterocycles. The first-order valence-corrected chi connectivity index (χ1v) is 11.4. The van der Waals surface area contributed by atoms with Crippen LogP contribution in [-0.4, -0.2) is 61.8 Å². The third kappa shape index (κ3) is 7.70. The standard InChI is InChI=1S/C26H30N4O5/c1-27-24(31)17-30(18-25(32)28-2)26(33)34-15-7-6-10-22-16-23(29-35-22)21-13-11-20(12-14-21)19-8-4-3-5-9-19/h3-5,8-9,11-14,16H,6-7,10,15,17-18H2,1-2H3,(H,27,31)(H,28,32). The molecular weight excluding hydrogens is 448 g/mol.